The summed E-state index contributed by atoms with van der Waals surface area (Å²) in [5.41, 5.74) is 0.784. The molecule has 0 unspecified atom stereocenters. The summed E-state index contributed by atoms with van der Waals surface area (Å²) in [6.07, 6.45) is 4.59. The minimum atomic E-state index is -3.55. The van der Waals surface area contributed by atoms with E-state index in [1.165, 1.54) is 4.31 Å². The van der Waals surface area contributed by atoms with Gasteiger partial charge in [-0.15, -0.1) is 0 Å². The molecule has 0 heterocycles. The number of nitrogens with zero attached hydrogens (tertiary/aromatic N) is 1. The lowest BCUT2D eigenvalue weighted by Gasteiger charge is -2.40. The number of aryl methyl sites for hydroxylation is 1. The summed E-state index contributed by atoms with van der Waals surface area (Å²) in [4.78, 5) is 11.6. The Morgan fingerprint density at radius 2 is 1.82 bits per heavy atom. The van der Waals surface area contributed by atoms with Crippen LogP contribution in [-0.4, -0.2) is 31.6 Å². The number of benzene rings is 1. The molecular formula is C17H23NO3S. The van der Waals surface area contributed by atoms with E-state index in [0.717, 1.165) is 5.56 Å². The van der Waals surface area contributed by atoms with E-state index in [0.29, 0.717) is 30.8 Å². The van der Waals surface area contributed by atoms with E-state index >= 15 is 0 Å². The van der Waals surface area contributed by atoms with Gasteiger partial charge in [-0.3, -0.25) is 4.79 Å². The number of carbonyl (C=O) groups is 1. The number of allylic oxidation sites excluding steroid dienone is 1. The molecule has 0 radical (unpaired) electrons. The molecule has 0 spiro atoms. The molecule has 1 aliphatic carbocycles. The maximum Gasteiger partial charge on any atom is 0.243 e. The van der Waals surface area contributed by atoms with Crippen LogP contribution >= 0.6 is 0 Å². The van der Waals surface area contributed by atoms with E-state index in [1.807, 2.05) is 32.9 Å². The Bertz CT molecular complexity index is 666. The highest BCUT2D eigenvalue weighted by Gasteiger charge is 2.42. The maximum absolute atomic E-state index is 12.9. The summed E-state index contributed by atoms with van der Waals surface area (Å²) in [6.45, 7) is 6.47. The van der Waals surface area contributed by atoms with Crippen LogP contribution in [0.15, 0.2) is 41.3 Å². The smallest absolute Gasteiger partial charge is 0.243 e. The highest BCUT2D eigenvalue weighted by atomic mass is 32.2. The lowest BCUT2D eigenvalue weighted by atomic mass is 9.69. The van der Waals surface area contributed by atoms with Crippen LogP contribution in [0.25, 0.3) is 0 Å². The van der Waals surface area contributed by atoms with Crippen LogP contribution in [0.5, 0.6) is 0 Å². The second-order valence-electron chi connectivity index (χ2n) is 6.38. The summed E-state index contributed by atoms with van der Waals surface area (Å²) >= 11 is 0. The molecule has 1 saturated carbocycles. The SMILES string of the molecule is C/C=C/CN(CC1(C)CC(=O)C1)S(=O)(=O)c1ccc(C)cc1. The minimum absolute atomic E-state index is 0.209. The van der Waals surface area contributed by atoms with Crippen LogP contribution in [0.1, 0.15) is 32.3 Å². The Kier molecular flexibility index (Phi) is 4.87. The van der Waals surface area contributed by atoms with Crippen molar-refractivity contribution in [2.75, 3.05) is 13.1 Å². The topological polar surface area (TPSA) is 54.5 Å². The molecule has 0 amide bonds. The van der Waals surface area contributed by atoms with Gasteiger partial charge in [-0.25, -0.2) is 8.42 Å². The average molecular weight is 321 g/mol. The van der Waals surface area contributed by atoms with Gasteiger partial charge < -0.3 is 0 Å². The molecule has 1 aromatic rings. The molecule has 4 nitrogen and oxygen atoms in total. The Morgan fingerprint density at radius 3 is 2.32 bits per heavy atom. The molecule has 1 fully saturated rings. The van der Waals surface area contributed by atoms with Crippen LogP contribution in [0.4, 0.5) is 0 Å². The highest BCUT2D eigenvalue weighted by molar-refractivity contribution is 7.89. The largest absolute Gasteiger partial charge is 0.300 e. The predicted octanol–water partition coefficient (Wildman–Crippen LogP) is 2.93. The van der Waals surface area contributed by atoms with Crippen molar-refractivity contribution < 1.29 is 13.2 Å². The second kappa shape index (κ2) is 6.34. The summed E-state index contributed by atoms with van der Waals surface area (Å²) in [7, 11) is -3.55. The Balaban J connectivity index is 2.27. The Labute approximate surface area is 132 Å². The number of hydrogen-bond acceptors (Lipinski definition) is 3. The zero-order chi connectivity index (χ0) is 16.4. The van der Waals surface area contributed by atoms with E-state index in [-0.39, 0.29) is 11.2 Å². The van der Waals surface area contributed by atoms with Gasteiger partial charge in [-0.2, -0.15) is 4.31 Å². The van der Waals surface area contributed by atoms with Crippen LogP contribution in [0, 0.1) is 12.3 Å². The Hall–Kier alpha value is -1.46. The lowest BCUT2D eigenvalue weighted by molar-refractivity contribution is -0.132. The van der Waals surface area contributed by atoms with Crippen LogP contribution in [-0.2, 0) is 14.8 Å². The van der Waals surface area contributed by atoms with Gasteiger partial charge in [-0.05, 0) is 31.4 Å². The molecular weight excluding hydrogens is 298 g/mol. The van der Waals surface area contributed by atoms with Crippen molar-refractivity contribution in [1.82, 2.24) is 4.31 Å². The van der Waals surface area contributed by atoms with Crippen molar-refractivity contribution in [3.8, 4) is 0 Å². The van der Waals surface area contributed by atoms with Gasteiger partial charge in [0.05, 0.1) is 4.90 Å². The molecule has 120 valence electrons. The summed E-state index contributed by atoms with van der Waals surface area (Å²) in [6, 6.07) is 6.88. The van der Waals surface area contributed by atoms with Gasteiger partial charge in [0.15, 0.2) is 0 Å². The standard InChI is InChI=1S/C17H23NO3S/c1-4-5-10-18(13-17(3)11-15(19)12-17)22(20,21)16-8-6-14(2)7-9-16/h4-9H,10-13H2,1-3H3/b5-4+. The highest BCUT2D eigenvalue weighted by Crippen LogP contribution is 2.39. The van der Waals surface area contributed by atoms with Crippen molar-refractivity contribution >= 4 is 15.8 Å². The molecule has 1 aromatic carbocycles. The number of sulfonamides is 1. The second-order valence-corrected chi connectivity index (χ2v) is 8.32. The summed E-state index contributed by atoms with van der Waals surface area (Å²) < 4.78 is 27.2. The van der Waals surface area contributed by atoms with Gasteiger partial charge in [0.25, 0.3) is 0 Å². The fraction of sp³-hybridized carbons (Fsp3) is 0.471. The van der Waals surface area contributed by atoms with Gasteiger partial charge in [0, 0.05) is 25.9 Å². The number of hydrogen-bond donors (Lipinski definition) is 0. The van der Waals surface area contributed by atoms with Crippen molar-refractivity contribution in [3.63, 3.8) is 0 Å². The first-order chi connectivity index (χ1) is 10.3. The number of ketones is 1. The van der Waals surface area contributed by atoms with E-state index < -0.39 is 10.0 Å². The van der Waals surface area contributed by atoms with E-state index in [4.69, 9.17) is 0 Å². The molecule has 0 aliphatic heterocycles. The van der Waals surface area contributed by atoms with Crippen molar-refractivity contribution in [2.24, 2.45) is 5.41 Å². The predicted molar refractivity (Wildman–Crippen MR) is 87.1 cm³/mol. The third-order valence-corrected chi connectivity index (χ3v) is 5.84. The van der Waals surface area contributed by atoms with Crippen LogP contribution < -0.4 is 0 Å². The van der Waals surface area contributed by atoms with E-state index in [9.17, 15) is 13.2 Å². The average Bonchev–Trinajstić information content (AvgIpc) is 2.42. The van der Waals surface area contributed by atoms with Gasteiger partial charge in [-0.1, -0.05) is 36.8 Å². The molecule has 0 N–H and O–H groups in total. The van der Waals surface area contributed by atoms with E-state index in [2.05, 4.69) is 0 Å². The number of carbonyl (C=O) groups excluding carboxylic acids is 1. The molecule has 1 aliphatic rings. The fourth-order valence-corrected chi connectivity index (χ4v) is 4.31. The molecule has 0 atom stereocenters. The zero-order valence-corrected chi connectivity index (χ0v) is 14.2. The van der Waals surface area contributed by atoms with Crippen molar-refractivity contribution in [1.29, 1.82) is 0 Å². The first-order valence-electron chi connectivity index (χ1n) is 7.46. The van der Waals surface area contributed by atoms with Gasteiger partial charge in [0.1, 0.15) is 5.78 Å². The normalized spacial score (nSPS) is 17.9. The number of Topliss-reactive ketones (excluding diaryl/α,β-unsaturated/α-hetero) is 1. The van der Waals surface area contributed by atoms with Crippen molar-refractivity contribution in [3.05, 3.63) is 42.0 Å². The zero-order valence-electron chi connectivity index (χ0n) is 13.4. The lowest BCUT2D eigenvalue weighted by Crippen LogP contribution is -2.46. The van der Waals surface area contributed by atoms with Crippen molar-refractivity contribution in [2.45, 2.75) is 38.5 Å². The third kappa shape index (κ3) is 3.65. The molecule has 2 rings (SSSR count). The van der Waals surface area contributed by atoms with E-state index in [1.54, 1.807) is 24.3 Å². The monoisotopic (exact) mass is 321 g/mol. The van der Waals surface area contributed by atoms with Gasteiger partial charge >= 0.3 is 0 Å². The molecule has 22 heavy (non-hydrogen) atoms. The van der Waals surface area contributed by atoms with Crippen LogP contribution in [0.2, 0.25) is 0 Å². The first kappa shape index (κ1) is 16.9. The summed E-state index contributed by atoms with van der Waals surface area (Å²) in [5.74, 6) is 0.209. The molecule has 0 aromatic heterocycles. The molecule has 5 heteroatoms. The Morgan fingerprint density at radius 1 is 1.23 bits per heavy atom. The van der Waals surface area contributed by atoms with Gasteiger partial charge in [0.2, 0.25) is 10.0 Å². The third-order valence-electron chi connectivity index (χ3n) is 4.01. The van der Waals surface area contributed by atoms with Crippen LogP contribution in [0.3, 0.4) is 0 Å². The maximum atomic E-state index is 12.9. The summed E-state index contributed by atoms with van der Waals surface area (Å²) in [5, 5.41) is 0. The first-order valence-corrected chi connectivity index (χ1v) is 8.90. The minimum Gasteiger partial charge on any atom is -0.300 e. The molecule has 0 saturated heterocycles. The fourth-order valence-electron chi connectivity index (χ4n) is 2.77. The quantitative estimate of drug-likeness (QED) is 0.757. The molecule has 0 bridgehead atoms. The number of rotatable bonds is 6.